The summed E-state index contributed by atoms with van der Waals surface area (Å²) in [6.07, 6.45) is -0.659. The Morgan fingerprint density at radius 1 is 1.00 bits per heavy atom. The highest BCUT2D eigenvalue weighted by Crippen LogP contribution is 2.39. The summed E-state index contributed by atoms with van der Waals surface area (Å²) >= 11 is 6.12. The summed E-state index contributed by atoms with van der Waals surface area (Å²) in [5.41, 5.74) is 3.59. The third-order valence-corrected chi connectivity index (χ3v) is 4.80. The van der Waals surface area contributed by atoms with Gasteiger partial charge in [0.05, 0.1) is 11.7 Å². The lowest BCUT2D eigenvalue weighted by Gasteiger charge is -2.34. The van der Waals surface area contributed by atoms with E-state index in [1.807, 2.05) is 67.6 Å². The number of Topliss-reactive ketones (excluding diaryl/α,β-unsaturated/α-hetero) is 1. The van der Waals surface area contributed by atoms with Gasteiger partial charge in [0.1, 0.15) is 5.75 Å². The minimum absolute atomic E-state index is 0.0516. The number of carbonyl (C=O) groups excluding carboxylic acids is 1. The predicted octanol–water partition coefficient (Wildman–Crippen LogP) is 5.45. The molecule has 1 aliphatic rings. The molecule has 0 unspecified atom stereocenters. The van der Waals surface area contributed by atoms with Crippen molar-refractivity contribution in [1.82, 2.24) is 0 Å². The second-order valence-electron chi connectivity index (χ2n) is 6.44. The van der Waals surface area contributed by atoms with E-state index in [4.69, 9.17) is 16.3 Å². The molecule has 1 aliphatic heterocycles. The molecule has 3 nitrogen and oxygen atoms in total. The van der Waals surface area contributed by atoms with E-state index in [1.165, 1.54) is 5.56 Å². The Labute approximate surface area is 157 Å². The largest absolute Gasteiger partial charge is 0.478 e. The monoisotopic (exact) mass is 363 g/mol. The van der Waals surface area contributed by atoms with E-state index >= 15 is 0 Å². The van der Waals surface area contributed by atoms with Crippen LogP contribution in [0.5, 0.6) is 5.75 Å². The number of ketones is 1. The van der Waals surface area contributed by atoms with Crippen molar-refractivity contribution < 1.29 is 9.53 Å². The van der Waals surface area contributed by atoms with Crippen LogP contribution in [0.2, 0.25) is 5.02 Å². The highest BCUT2D eigenvalue weighted by atomic mass is 35.5. The fourth-order valence-electron chi connectivity index (χ4n) is 3.17. The van der Waals surface area contributed by atoms with E-state index in [0.717, 1.165) is 11.3 Å². The third kappa shape index (κ3) is 3.18. The summed E-state index contributed by atoms with van der Waals surface area (Å²) in [6.45, 7) is 2.04. The second-order valence-corrected chi connectivity index (χ2v) is 6.88. The van der Waals surface area contributed by atoms with Crippen molar-refractivity contribution in [1.29, 1.82) is 0 Å². The van der Waals surface area contributed by atoms with Gasteiger partial charge < -0.3 is 10.1 Å². The average molecular weight is 364 g/mol. The molecule has 1 N–H and O–H groups in total. The molecular weight excluding hydrogens is 346 g/mol. The van der Waals surface area contributed by atoms with Crippen molar-refractivity contribution in [3.8, 4) is 5.75 Å². The number of hydrogen-bond donors (Lipinski definition) is 1. The number of carbonyl (C=O) groups is 1. The lowest BCUT2D eigenvalue weighted by atomic mass is 9.92. The number of nitrogens with one attached hydrogen (secondary N) is 1. The van der Waals surface area contributed by atoms with Gasteiger partial charge in [-0.15, -0.1) is 0 Å². The zero-order valence-electron chi connectivity index (χ0n) is 14.3. The second kappa shape index (κ2) is 6.85. The Balaban J connectivity index is 1.76. The molecule has 0 fully saturated rings. The SMILES string of the molecule is Cc1ccc([C@@H]2Nc3cc(Cl)ccc3O[C@H]2C(=O)c2ccccc2)cc1. The van der Waals surface area contributed by atoms with Crippen LogP contribution in [0.1, 0.15) is 27.5 Å². The molecule has 3 aromatic rings. The first-order valence-corrected chi connectivity index (χ1v) is 8.88. The molecule has 3 aromatic carbocycles. The topological polar surface area (TPSA) is 38.3 Å². The number of rotatable bonds is 3. The number of benzene rings is 3. The quantitative estimate of drug-likeness (QED) is 0.629. The highest BCUT2D eigenvalue weighted by Gasteiger charge is 2.36. The van der Waals surface area contributed by atoms with Gasteiger partial charge in [0, 0.05) is 10.6 Å². The molecule has 0 bridgehead atoms. The number of aryl methyl sites for hydroxylation is 1. The molecule has 0 saturated carbocycles. The fraction of sp³-hybridized carbons (Fsp3) is 0.136. The van der Waals surface area contributed by atoms with E-state index in [0.29, 0.717) is 16.3 Å². The molecular formula is C22H18ClNO2. The summed E-state index contributed by atoms with van der Waals surface area (Å²) in [7, 11) is 0. The average Bonchev–Trinajstić information content (AvgIpc) is 2.67. The molecule has 0 aliphatic carbocycles. The van der Waals surface area contributed by atoms with Crippen molar-refractivity contribution in [3.63, 3.8) is 0 Å². The molecule has 1 heterocycles. The first-order valence-electron chi connectivity index (χ1n) is 8.50. The van der Waals surface area contributed by atoms with Crippen molar-refractivity contribution in [2.24, 2.45) is 0 Å². The van der Waals surface area contributed by atoms with Crippen LogP contribution in [0, 0.1) is 6.92 Å². The molecule has 4 heteroatoms. The normalized spacial score (nSPS) is 18.4. The van der Waals surface area contributed by atoms with Gasteiger partial charge in [-0.3, -0.25) is 4.79 Å². The van der Waals surface area contributed by atoms with E-state index < -0.39 is 6.10 Å². The van der Waals surface area contributed by atoms with Crippen molar-refractivity contribution >= 4 is 23.1 Å². The zero-order chi connectivity index (χ0) is 18.1. The Hall–Kier alpha value is -2.78. The van der Waals surface area contributed by atoms with E-state index in [2.05, 4.69) is 5.32 Å². The van der Waals surface area contributed by atoms with Crippen molar-refractivity contribution in [3.05, 3.63) is 94.5 Å². The molecule has 130 valence electrons. The molecule has 0 saturated heterocycles. The van der Waals surface area contributed by atoms with Gasteiger partial charge in [-0.25, -0.2) is 0 Å². The van der Waals surface area contributed by atoms with E-state index in [-0.39, 0.29) is 11.8 Å². The van der Waals surface area contributed by atoms with Crippen molar-refractivity contribution in [2.45, 2.75) is 19.1 Å². The molecule has 0 aromatic heterocycles. The zero-order valence-corrected chi connectivity index (χ0v) is 15.0. The van der Waals surface area contributed by atoms with Crippen molar-refractivity contribution in [2.75, 3.05) is 5.32 Å². The third-order valence-electron chi connectivity index (χ3n) is 4.56. The highest BCUT2D eigenvalue weighted by molar-refractivity contribution is 6.31. The molecule has 0 spiro atoms. The number of ether oxygens (including phenoxy) is 1. The van der Waals surface area contributed by atoms with Gasteiger partial charge in [-0.1, -0.05) is 71.8 Å². The Kier molecular flexibility index (Phi) is 4.39. The van der Waals surface area contributed by atoms with Crippen LogP contribution in [0.3, 0.4) is 0 Å². The first kappa shape index (κ1) is 16.7. The van der Waals surface area contributed by atoms with Gasteiger partial charge in [-0.2, -0.15) is 0 Å². The van der Waals surface area contributed by atoms with Gasteiger partial charge in [0.25, 0.3) is 0 Å². The first-order chi connectivity index (χ1) is 12.6. The van der Waals surface area contributed by atoms with Crippen LogP contribution in [0.4, 0.5) is 5.69 Å². The summed E-state index contributed by atoms with van der Waals surface area (Å²) in [6, 6.07) is 22.4. The van der Waals surface area contributed by atoms with Crippen LogP contribution >= 0.6 is 11.6 Å². The lowest BCUT2D eigenvalue weighted by Crippen LogP contribution is -2.41. The summed E-state index contributed by atoms with van der Waals surface area (Å²) in [4.78, 5) is 13.1. The number of halogens is 1. The lowest BCUT2D eigenvalue weighted by molar-refractivity contribution is 0.0745. The van der Waals surface area contributed by atoms with Crippen LogP contribution in [-0.2, 0) is 0 Å². The molecule has 26 heavy (non-hydrogen) atoms. The summed E-state index contributed by atoms with van der Waals surface area (Å²) in [5, 5.41) is 4.06. The number of fused-ring (bicyclic) bond motifs is 1. The maximum atomic E-state index is 13.1. The van der Waals surface area contributed by atoms with Crippen LogP contribution < -0.4 is 10.1 Å². The molecule has 4 rings (SSSR count). The van der Waals surface area contributed by atoms with Gasteiger partial charge in [0.15, 0.2) is 6.10 Å². The van der Waals surface area contributed by atoms with Crippen LogP contribution in [0.25, 0.3) is 0 Å². The minimum atomic E-state index is -0.659. The molecule has 0 radical (unpaired) electrons. The van der Waals surface area contributed by atoms with Crippen LogP contribution in [0.15, 0.2) is 72.8 Å². The number of anilines is 1. The van der Waals surface area contributed by atoms with Gasteiger partial charge in [0.2, 0.25) is 5.78 Å². The molecule has 0 amide bonds. The summed E-state index contributed by atoms with van der Waals surface area (Å²) < 4.78 is 6.13. The molecule has 2 atom stereocenters. The maximum Gasteiger partial charge on any atom is 0.205 e. The standard InChI is InChI=1S/C22H18ClNO2/c1-14-7-9-15(10-8-14)20-22(21(25)16-5-3-2-4-6-16)26-19-12-11-17(23)13-18(19)24-20/h2-13,20,22,24H,1H3/t20-,22+/m0/s1. The predicted molar refractivity (Wildman–Crippen MR) is 104 cm³/mol. The fourth-order valence-corrected chi connectivity index (χ4v) is 3.34. The Bertz CT molecular complexity index is 938. The van der Waals surface area contributed by atoms with Gasteiger partial charge >= 0.3 is 0 Å². The van der Waals surface area contributed by atoms with E-state index in [1.54, 1.807) is 12.1 Å². The Morgan fingerprint density at radius 3 is 2.46 bits per heavy atom. The summed E-state index contributed by atoms with van der Waals surface area (Å²) in [5.74, 6) is 0.580. The number of hydrogen-bond acceptors (Lipinski definition) is 3. The van der Waals surface area contributed by atoms with Gasteiger partial charge in [-0.05, 0) is 30.7 Å². The smallest absolute Gasteiger partial charge is 0.205 e. The Morgan fingerprint density at radius 2 is 1.73 bits per heavy atom. The maximum absolute atomic E-state index is 13.1. The van der Waals surface area contributed by atoms with Crippen LogP contribution in [-0.4, -0.2) is 11.9 Å². The van der Waals surface area contributed by atoms with E-state index in [9.17, 15) is 4.79 Å². The minimum Gasteiger partial charge on any atom is -0.478 e.